The van der Waals surface area contributed by atoms with E-state index in [0.717, 1.165) is 19.5 Å². The zero-order valence-electron chi connectivity index (χ0n) is 9.72. The number of ether oxygens (including phenoxy) is 2. The SMILES string of the molecule is CC1CN(C(=O)C2COCCO2)CCC1N. The zero-order chi connectivity index (χ0) is 11.5. The van der Waals surface area contributed by atoms with Gasteiger partial charge < -0.3 is 20.1 Å². The maximum Gasteiger partial charge on any atom is 0.254 e. The highest BCUT2D eigenvalue weighted by molar-refractivity contribution is 5.81. The van der Waals surface area contributed by atoms with Gasteiger partial charge in [-0.25, -0.2) is 0 Å². The lowest BCUT2D eigenvalue weighted by molar-refractivity contribution is -0.159. The molecule has 2 saturated heterocycles. The molecule has 0 bridgehead atoms. The first-order valence-corrected chi connectivity index (χ1v) is 5.92. The van der Waals surface area contributed by atoms with Crippen LogP contribution in [0.3, 0.4) is 0 Å². The molecule has 0 aromatic rings. The van der Waals surface area contributed by atoms with Crippen LogP contribution in [0.5, 0.6) is 0 Å². The zero-order valence-corrected chi connectivity index (χ0v) is 9.72. The monoisotopic (exact) mass is 228 g/mol. The van der Waals surface area contributed by atoms with Crippen molar-refractivity contribution in [3.63, 3.8) is 0 Å². The summed E-state index contributed by atoms with van der Waals surface area (Å²) >= 11 is 0. The molecule has 0 spiro atoms. The summed E-state index contributed by atoms with van der Waals surface area (Å²) in [5.74, 6) is 0.417. The summed E-state index contributed by atoms with van der Waals surface area (Å²) in [4.78, 5) is 13.9. The summed E-state index contributed by atoms with van der Waals surface area (Å²) in [6.07, 6.45) is 0.468. The van der Waals surface area contributed by atoms with Crippen molar-refractivity contribution in [3.05, 3.63) is 0 Å². The third-order valence-corrected chi connectivity index (χ3v) is 3.37. The van der Waals surface area contributed by atoms with Crippen LogP contribution in [-0.4, -0.2) is 55.9 Å². The molecule has 16 heavy (non-hydrogen) atoms. The van der Waals surface area contributed by atoms with Gasteiger partial charge in [-0.05, 0) is 12.3 Å². The Morgan fingerprint density at radius 3 is 2.88 bits per heavy atom. The summed E-state index contributed by atoms with van der Waals surface area (Å²) in [6, 6.07) is 0.215. The molecule has 2 N–H and O–H groups in total. The molecule has 2 fully saturated rings. The molecule has 5 heteroatoms. The highest BCUT2D eigenvalue weighted by Gasteiger charge is 2.32. The average Bonchev–Trinajstić information content (AvgIpc) is 2.33. The van der Waals surface area contributed by atoms with E-state index < -0.39 is 6.10 Å². The smallest absolute Gasteiger partial charge is 0.254 e. The van der Waals surface area contributed by atoms with Gasteiger partial charge in [-0.15, -0.1) is 0 Å². The lowest BCUT2D eigenvalue weighted by Crippen LogP contribution is -2.53. The number of hydrogen-bond acceptors (Lipinski definition) is 4. The molecule has 3 atom stereocenters. The fraction of sp³-hybridized carbons (Fsp3) is 0.909. The molecule has 0 radical (unpaired) electrons. The molecule has 0 aliphatic carbocycles. The van der Waals surface area contributed by atoms with Gasteiger partial charge in [-0.3, -0.25) is 4.79 Å². The highest BCUT2D eigenvalue weighted by atomic mass is 16.6. The molecule has 2 heterocycles. The van der Waals surface area contributed by atoms with E-state index in [1.165, 1.54) is 0 Å². The number of nitrogens with zero attached hydrogens (tertiary/aromatic N) is 1. The van der Waals surface area contributed by atoms with Crippen molar-refractivity contribution in [2.24, 2.45) is 11.7 Å². The third-order valence-electron chi connectivity index (χ3n) is 3.37. The minimum Gasteiger partial charge on any atom is -0.376 e. The Hall–Kier alpha value is -0.650. The Morgan fingerprint density at radius 1 is 1.44 bits per heavy atom. The van der Waals surface area contributed by atoms with Gasteiger partial charge >= 0.3 is 0 Å². The minimum absolute atomic E-state index is 0.0541. The molecule has 0 aromatic carbocycles. The first-order chi connectivity index (χ1) is 7.68. The molecule has 2 aliphatic rings. The highest BCUT2D eigenvalue weighted by Crippen LogP contribution is 2.17. The number of hydrogen-bond donors (Lipinski definition) is 1. The number of carbonyl (C=O) groups excluding carboxylic acids is 1. The van der Waals surface area contributed by atoms with Crippen LogP contribution < -0.4 is 5.73 Å². The van der Waals surface area contributed by atoms with Crippen molar-refractivity contribution in [1.29, 1.82) is 0 Å². The van der Waals surface area contributed by atoms with Gasteiger partial charge in [-0.1, -0.05) is 6.92 Å². The van der Waals surface area contributed by atoms with Gasteiger partial charge in [0.15, 0.2) is 6.10 Å². The van der Waals surface area contributed by atoms with Gasteiger partial charge in [0.1, 0.15) is 0 Å². The van der Waals surface area contributed by atoms with Crippen LogP contribution in [0, 0.1) is 5.92 Å². The van der Waals surface area contributed by atoms with Crippen LogP contribution in [0.2, 0.25) is 0 Å². The topological polar surface area (TPSA) is 64.8 Å². The Kier molecular flexibility index (Phi) is 3.78. The van der Waals surface area contributed by atoms with Crippen LogP contribution in [0.1, 0.15) is 13.3 Å². The van der Waals surface area contributed by atoms with E-state index in [1.54, 1.807) is 0 Å². The van der Waals surface area contributed by atoms with Crippen molar-refractivity contribution >= 4 is 5.91 Å². The summed E-state index contributed by atoms with van der Waals surface area (Å²) < 4.78 is 10.7. The Balaban J connectivity index is 1.89. The van der Waals surface area contributed by atoms with Gasteiger partial charge in [0.2, 0.25) is 0 Å². The second-order valence-corrected chi connectivity index (χ2v) is 4.65. The maximum absolute atomic E-state index is 12.1. The predicted molar refractivity (Wildman–Crippen MR) is 58.9 cm³/mol. The number of carbonyl (C=O) groups is 1. The molecule has 92 valence electrons. The van der Waals surface area contributed by atoms with E-state index in [9.17, 15) is 4.79 Å². The van der Waals surface area contributed by atoms with E-state index in [2.05, 4.69) is 6.92 Å². The minimum atomic E-state index is -0.407. The number of piperidine rings is 1. The fourth-order valence-corrected chi connectivity index (χ4v) is 2.20. The van der Waals surface area contributed by atoms with Crippen molar-refractivity contribution in [3.8, 4) is 0 Å². The second kappa shape index (κ2) is 5.12. The predicted octanol–water partition coefficient (Wildman–Crippen LogP) is -0.402. The van der Waals surface area contributed by atoms with Gasteiger partial charge in [0.25, 0.3) is 5.91 Å². The maximum atomic E-state index is 12.1. The largest absolute Gasteiger partial charge is 0.376 e. The van der Waals surface area contributed by atoms with Crippen LogP contribution in [0.15, 0.2) is 0 Å². The van der Waals surface area contributed by atoms with Crippen molar-refractivity contribution < 1.29 is 14.3 Å². The quantitative estimate of drug-likeness (QED) is 0.663. The first kappa shape index (κ1) is 11.8. The lowest BCUT2D eigenvalue weighted by Gasteiger charge is -2.37. The normalized spacial score (nSPS) is 36.1. The number of nitrogens with two attached hydrogens (primary N) is 1. The number of likely N-dealkylation sites (tertiary alicyclic amines) is 1. The summed E-state index contributed by atoms with van der Waals surface area (Å²) in [5, 5.41) is 0. The van der Waals surface area contributed by atoms with E-state index in [-0.39, 0.29) is 11.9 Å². The number of amides is 1. The average molecular weight is 228 g/mol. The van der Waals surface area contributed by atoms with Crippen molar-refractivity contribution in [2.75, 3.05) is 32.9 Å². The van der Waals surface area contributed by atoms with E-state index in [0.29, 0.717) is 25.7 Å². The summed E-state index contributed by atoms with van der Waals surface area (Å²) in [7, 11) is 0. The van der Waals surface area contributed by atoms with Gasteiger partial charge in [0, 0.05) is 19.1 Å². The van der Waals surface area contributed by atoms with Gasteiger partial charge in [-0.2, -0.15) is 0 Å². The standard InChI is InChI=1S/C11H20N2O3/c1-8-6-13(3-2-9(8)12)11(14)10-7-15-4-5-16-10/h8-10H,2-7,12H2,1H3. The van der Waals surface area contributed by atoms with Crippen LogP contribution in [0.4, 0.5) is 0 Å². The summed E-state index contributed by atoms with van der Waals surface area (Å²) in [6.45, 7) is 5.05. The molecular formula is C11H20N2O3. The molecule has 5 nitrogen and oxygen atoms in total. The lowest BCUT2D eigenvalue weighted by atomic mass is 9.94. The van der Waals surface area contributed by atoms with Gasteiger partial charge in [0.05, 0.1) is 19.8 Å². The first-order valence-electron chi connectivity index (χ1n) is 5.92. The van der Waals surface area contributed by atoms with Crippen molar-refractivity contribution in [2.45, 2.75) is 25.5 Å². The number of rotatable bonds is 1. The Morgan fingerprint density at radius 2 is 2.25 bits per heavy atom. The van der Waals surface area contributed by atoms with E-state index in [4.69, 9.17) is 15.2 Å². The van der Waals surface area contributed by atoms with E-state index in [1.807, 2.05) is 4.90 Å². The van der Waals surface area contributed by atoms with Crippen LogP contribution in [-0.2, 0) is 14.3 Å². The fourth-order valence-electron chi connectivity index (χ4n) is 2.20. The molecular weight excluding hydrogens is 208 g/mol. The third kappa shape index (κ3) is 2.53. The molecule has 0 aromatic heterocycles. The Labute approximate surface area is 95.9 Å². The summed E-state index contributed by atoms with van der Waals surface area (Å²) in [5.41, 5.74) is 5.93. The Bertz CT molecular complexity index is 254. The van der Waals surface area contributed by atoms with Crippen molar-refractivity contribution in [1.82, 2.24) is 4.90 Å². The molecule has 3 unspecified atom stereocenters. The molecule has 0 saturated carbocycles. The van der Waals surface area contributed by atoms with Crippen LogP contribution >= 0.6 is 0 Å². The molecule has 1 amide bonds. The second-order valence-electron chi connectivity index (χ2n) is 4.65. The molecule has 2 rings (SSSR count). The van der Waals surface area contributed by atoms with E-state index >= 15 is 0 Å². The van der Waals surface area contributed by atoms with Crippen LogP contribution in [0.25, 0.3) is 0 Å². The molecule has 2 aliphatic heterocycles.